The van der Waals surface area contributed by atoms with Crippen LogP contribution in [0.4, 0.5) is 0 Å². The molecular weight excluding hydrogens is 280 g/mol. The van der Waals surface area contributed by atoms with Crippen molar-refractivity contribution in [1.29, 1.82) is 0 Å². The summed E-state index contributed by atoms with van der Waals surface area (Å²) in [6.07, 6.45) is 0.804. The zero-order valence-corrected chi connectivity index (χ0v) is 12.3. The van der Waals surface area contributed by atoms with E-state index in [-0.39, 0.29) is 0 Å². The lowest BCUT2D eigenvalue weighted by Crippen LogP contribution is -2.42. The third-order valence-electron chi connectivity index (χ3n) is 3.47. The topological polar surface area (TPSA) is 90.1 Å². The summed E-state index contributed by atoms with van der Waals surface area (Å²) in [5.41, 5.74) is -1.13. The van der Waals surface area contributed by atoms with Gasteiger partial charge in [-0.1, -0.05) is 13.8 Å². The first-order valence-electron chi connectivity index (χ1n) is 6.24. The number of aliphatic carboxylic acids is 1. The second-order valence-electron chi connectivity index (χ2n) is 4.31. The number of hydrogen-bond donors (Lipinski definition) is 1. The molecule has 0 saturated heterocycles. The molecule has 0 radical (unpaired) electrons. The smallest absolute Gasteiger partial charge is 0.331 e. The highest BCUT2D eigenvalue weighted by Gasteiger charge is 2.40. The molecule has 0 unspecified atom stereocenters. The number of carbonyl (C=O) groups is 1. The zero-order valence-electron chi connectivity index (χ0n) is 11.5. The second-order valence-corrected chi connectivity index (χ2v) is 5.22. The fourth-order valence-electron chi connectivity index (χ4n) is 2.11. The van der Waals surface area contributed by atoms with Crippen LogP contribution in [0, 0.1) is 0 Å². The summed E-state index contributed by atoms with van der Waals surface area (Å²) in [6.45, 7) is 3.64. The molecule has 1 N–H and O–H groups in total. The molecule has 8 heteroatoms. The average molecular weight is 296 g/mol. The largest absolute Gasteiger partial charge is 0.496 e. The lowest BCUT2D eigenvalue weighted by atomic mass is 9.93. The highest BCUT2D eigenvalue weighted by atomic mass is 32.1. The maximum Gasteiger partial charge on any atom is 0.331 e. The monoisotopic (exact) mass is 296 g/mol. The third-order valence-corrected chi connectivity index (χ3v) is 4.38. The summed E-state index contributed by atoms with van der Waals surface area (Å²) in [7, 11) is 1.58. The molecule has 0 saturated carbocycles. The Balaban J connectivity index is 2.54. The van der Waals surface area contributed by atoms with Crippen LogP contribution in [0.2, 0.25) is 0 Å². The molecule has 0 spiro atoms. The van der Waals surface area contributed by atoms with Crippen molar-refractivity contribution in [2.45, 2.75) is 32.2 Å². The number of methoxy groups -OCH3 is 1. The van der Waals surface area contributed by atoms with Crippen LogP contribution < -0.4 is 4.74 Å². The van der Waals surface area contributed by atoms with Crippen LogP contribution in [0.5, 0.6) is 5.75 Å². The summed E-state index contributed by atoms with van der Waals surface area (Å²) < 4.78 is 6.54. The second kappa shape index (κ2) is 5.58. The number of thiophene rings is 1. The summed E-state index contributed by atoms with van der Waals surface area (Å²) >= 11 is 1.41. The number of carboxylic acid groups (broad SMARTS) is 1. The number of rotatable bonds is 6. The van der Waals surface area contributed by atoms with Gasteiger partial charge in [0.2, 0.25) is 0 Å². The Kier molecular flexibility index (Phi) is 4.03. The predicted octanol–water partition coefficient (Wildman–Crippen LogP) is 2.01. The van der Waals surface area contributed by atoms with Gasteiger partial charge in [-0.25, -0.2) is 9.48 Å². The Morgan fingerprint density at radius 1 is 1.50 bits per heavy atom. The Bertz CT molecular complexity index is 603. The molecule has 0 aliphatic rings. The van der Waals surface area contributed by atoms with Crippen molar-refractivity contribution in [3.05, 3.63) is 11.4 Å². The van der Waals surface area contributed by atoms with Crippen molar-refractivity contribution in [1.82, 2.24) is 20.2 Å². The van der Waals surface area contributed by atoms with Crippen LogP contribution >= 0.6 is 11.3 Å². The van der Waals surface area contributed by atoms with E-state index < -0.39 is 11.5 Å². The van der Waals surface area contributed by atoms with E-state index in [1.54, 1.807) is 13.2 Å². The van der Waals surface area contributed by atoms with E-state index in [2.05, 4.69) is 15.5 Å². The molecule has 0 fully saturated rings. The number of hydrogen-bond acceptors (Lipinski definition) is 6. The molecule has 7 nitrogen and oxygen atoms in total. The Morgan fingerprint density at radius 3 is 2.70 bits per heavy atom. The van der Waals surface area contributed by atoms with E-state index in [1.165, 1.54) is 16.0 Å². The first kappa shape index (κ1) is 14.4. The first-order valence-corrected chi connectivity index (χ1v) is 7.12. The van der Waals surface area contributed by atoms with Gasteiger partial charge in [0.15, 0.2) is 11.4 Å². The molecule has 2 rings (SSSR count). The fraction of sp³-hybridized carbons (Fsp3) is 0.500. The van der Waals surface area contributed by atoms with Crippen LogP contribution in [0.15, 0.2) is 11.4 Å². The molecule has 0 bridgehead atoms. The molecule has 0 aliphatic heterocycles. The quantitative estimate of drug-likeness (QED) is 0.877. The number of ether oxygens (including phenoxy) is 1. The summed E-state index contributed by atoms with van der Waals surface area (Å²) in [5.74, 6) is 0.220. The highest BCUT2D eigenvalue weighted by molar-refractivity contribution is 7.13. The van der Waals surface area contributed by atoms with E-state index in [4.69, 9.17) is 4.74 Å². The Morgan fingerprint density at radius 2 is 2.20 bits per heavy atom. The first-order chi connectivity index (χ1) is 9.58. The van der Waals surface area contributed by atoms with E-state index >= 15 is 0 Å². The van der Waals surface area contributed by atoms with Gasteiger partial charge < -0.3 is 9.84 Å². The van der Waals surface area contributed by atoms with Gasteiger partial charge in [0.1, 0.15) is 5.75 Å². The maximum atomic E-state index is 11.7. The molecule has 20 heavy (non-hydrogen) atoms. The normalized spacial score (nSPS) is 11.6. The van der Waals surface area contributed by atoms with Crippen LogP contribution in [-0.4, -0.2) is 38.4 Å². The minimum atomic E-state index is -1.13. The van der Waals surface area contributed by atoms with E-state index in [0.29, 0.717) is 24.4 Å². The van der Waals surface area contributed by atoms with Crippen molar-refractivity contribution in [2.24, 2.45) is 0 Å². The predicted molar refractivity (Wildman–Crippen MR) is 73.9 cm³/mol. The molecule has 2 heterocycles. The van der Waals surface area contributed by atoms with Crippen LogP contribution in [0.1, 0.15) is 26.7 Å². The Labute approximate surface area is 120 Å². The van der Waals surface area contributed by atoms with E-state index in [1.807, 2.05) is 19.2 Å². The van der Waals surface area contributed by atoms with Gasteiger partial charge in [0, 0.05) is 11.4 Å². The molecular formula is C12H16N4O3S. The zero-order chi connectivity index (χ0) is 14.8. The standard InChI is InChI=1S/C12H16N4O3S/c1-4-12(5-2,11(17)18)16-10(13-14-15-16)9-6-8(19-3)7-20-9/h6-7H,4-5H2,1-3H3,(H,17,18). The van der Waals surface area contributed by atoms with Crippen molar-refractivity contribution >= 4 is 17.3 Å². The van der Waals surface area contributed by atoms with Crippen molar-refractivity contribution in [3.8, 4) is 16.5 Å². The van der Waals surface area contributed by atoms with Gasteiger partial charge in [-0.2, -0.15) is 0 Å². The molecule has 2 aromatic heterocycles. The summed E-state index contributed by atoms with van der Waals surface area (Å²) in [6, 6.07) is 1.80. The summed E-state index contributed by atoms with van der Waals surface area (Å²) in [4.78, 5) is 12.5. The lowest BCUT2D eigenvalue weighted by Gasteiger charge is -2.27. The van der Waals surface area contributed by atoms with E-state index in [0.717, 1.165) is 4.88 Å². The molecule has 0 aromatic carbocycles. The maximum absolute atomic E-state index is 11.7. The number of tetrazole rings is 1. The van der Waals surface area contributed by atoms with Gasteiger partial charge in [0.05, 0.1) is 12.0 Å². The van der Waals surface area contributed by atoms with Gasteiger partial charge in [-0.3, -0.25) is 0 Å². The third kappa shape index (κ3) is 2.15. The molecule has 108 valence electrons. The van der Waals surface area contributed by atoms with Gasteiger partial charge in [-0.05, 0) is 23.3 Å². The average Bonchev–Trinajstić information content (AvgIpc) is 3.08. The molecule has 0 aliphatic carbocycles. The highest BCUT2D eigenvalue weighted by Crippen LogP contribution is 2.34. The fourth-order valence-corrected chi connectivity index (χ4v) is 2.94. The van der Waals surface area contributed by atoms with Crippen LogP contribution in [0.3, 0.4) is 0 Å². The van der Waals surface area contributed by atoms with Crippen molar-refractivity contribution in [2.75, 3.05) is 7.11 Å². The van der Waals surface area contributed by atoms with Gasteiger partial charge in [-0.15, -0.1) is 16.4 Å². The summed E-state index contributed by atoms with van der Waals surface area (Å²) in [5, 5.41) is 22.9. The number of aromatic nitrogens is 4. The lowest BCUT2D eigenvalue weighted by molar-refractivity contribution is -0.148. The molecule has 0 amide bonds. The van der Waals surface area contributed by atoms with Crippen LogP contribution in [0.25, 0.3) is 10.7 Å². The van der Waals surface area contributed by atoms with Gasteiger partial charge >= 0.3 is 5.97 Å². The van der Waals surface area contributed by atoms with Crippen LogP contribution in [-0.2, 0) is 10.3 Å². The SMILES string of the molecule is CCC(CC)(C(=O)O)n1nnnc1-c1cc(OC)cs1. The minimum Gasteiger partial charge on any atom is -0.496 e. The van der Waals surface area contributed by atoms with E-state index in [9.17, 15) is 9.90 Å². The number of carboxylic acids is 1. The van der Waals surface area contributed by atoms with Crippen molar-refractivity contribution < 1.29 is 14.6 Å². The molecule has 2 aromatic rings. The molecule has 0 atom stereocenters. The Hall–Kier alpha value is -1.96. The van der Waals surface area contributed by atoms with Gasteiger partial charge in [0.25, 0.3) is 0 Å². The van der Waals surface area contributed by atoms with Crippen molar-refractivity contribution in [3.63, 3.8) is 0 Å². The minimum absolute atomic E-state index is 0.402. The number of nitrogens with zero attached hydrogens (tertiary/aromatic N) is 4.